The number of hydrogen-bond donors (Lipinski definition) is 2. The van der Waals surface area contributed by atoms with Gasteiger partial charge >= 0.3 is 0 Å². The molecule has 7 heteroatoms. The van der Waals surface area contributed by atoms with E-state index in [1.165, 1.54) is 12.1 Å². The van der Waals surface area contributed by atoms with Crippen LogP contribution >= 0.6 is 11.6 Å². The summed E-state index contributed by atoms with van der Waals surface area (Å²) in [6.45, 7) is 5.61. The first-order chi connectivity index (χ1) is 14.3. The highest BCUT2D eigenvalue weighted by atomic mass is 35.5. The molecule has 30 heavy (non-hydrogen) atoms. The summed E-state index contributed by atoms with van der Waals surface area (Å²) < 4.78 is 13.1. The molecule has 5 nitrogen and oxygen atoms in total. The van der Waals surface area contributed by atoms with Crippen LogP contribution in [0.25, 0.3) is 0 Å². The molecule has 0 radical (unpaired) electrons. The number of carbonyl (C=O) groups excluding carboxylic acids is 2. The van der Waals surface area contributed by atoms with E-state index >= 15 is 0 Å². The number of carbonyl (C=O) groups is 2. The highest BCUT2D eigenvalue weighted by Crippen LogP contribution is 2.29. The van der Waals surface area contributed by atoms with Crippen LogP contribution in [0.4, 0.5) is 15.8 Å². The maximum Gasteiger partial charge on any atom is 0.253 e. The normalized spacial score (nSPS) is 13.9. The first-order valence-corrected chi connectivity index (χ1v) is 10.6. The zero-order valence-corrected chi connectivity index (χ0v) is 18.1. The predicted octanol–water partition coefficient (Wildman–Crippen LogP) is 4.56. The van der Waals surface area contributed by atoms with Gasteiger partial charge < -0.3 is 15.5 Å². The predicted molar refractivity (Wildman–Crippen MR) is 119 cm³/mol. The number of nitrogens with zero attached hydrogens (tertiary/aromatic N) is 1. The highest BCUT2D eigenvalue weighted by Gasteiger charge is 2.27. The minimum atomic E-state index is -0.722. The van der Waals surface area contributed by atoms with Crippen LogP contribution in [0.15, 0.2) is 42.5 Å². The number of amides is 2. The second-order valence-corrected chi connectivity index (χ2v) is 8.47. The van der Waals surface area contributed by atoms with E-state index in [-0.39, 0.29) is 30.1 Å². The Balaban J connectivity index is 1.82. The number of nitrogens with one attached hydrogen (secondary N) is 2. The molecule has 0 spiro atoms. The van der Waals surface area contributed by atoms with Crippen molar-refractivity contribution >= 4 is 34.8 Å². The Hall–Kier alpha value is -2.60. The molecule has 1 fully saturated rings. The molecule has 3 rings (SSSR count). The van der Waals surface area contributed by atoms with Gasteiger partial charge in [-0.05, 0) is 62.6 Å². The molecule has 0 bridgehead atoms. The van der Waals surface area contributed by atoms with Gasteiger partial charge in [0.15, 0.2) is 0 Å². The number of anilines is 2. The summed E-state index contributed by atoms with van der Waals surface area (Å²) in [6.07, 6.45) is 2.16. The second kappa shape index (κ2) is 9.47. The third-order valence-corrected chi connectivity index (χ3v) is 5.93. The zero-order chi connectivity index (χ0) is 21.7. The summed E-state index contributed by atoms with van der Waals surface area (Å²) in [7, 11) is 0. The van der Waals surface area contributed by atoms with Crippen molar-refractivity contribution in [2.24, 2.45) is 5.41 Å². The first-order valence-electron chi connectivity index (χ1n) is 10.1. The molecule has 160 valence electrons. The van der Waals surface area contributed by atoms with Crippen LogP contribution in [0, 0.1) is 11.2 Å². The standard InChI is InChI=1S/C23H27ClFN3O2/c1-23(2,15-24)22(30)27-18-9-10-20(28-11-3-4-12-28)19(13-18)21(29)26-14-16-5-7-17(25)8-6-16/h5-10,13H,3-4,11-12,14-15H2,1-2H3,(H,26,29)(H,27,30). The van der Waals surface area contributed by atoms with Crippen LogP contribution in [0.2, 0.25) is 0 Å². The quantitative estimate of drug-likeness (QED) is 0.632. The summed E-state index contributed by atoms with van der Waals surface area (Å²) in [5.74, 6) is -0.571. The van der Waals surface area contributed by atoms with Crippen LogP contribution in [0.5, 0.6) is 0 Å². The maximum absolute atomic E-state index is 13.1. The van der Waals surface area contributed by atoms with E-state index in [2.05, 4.69) is 15.5 Å². The average Bonchev–Trinajstić information content (AvgIpc) is 3.27. The lowest BCUT2D eigenvalue weighted by Gasteiger charge is -2.23. The lowest BCUT2D eigenvalue weighted by atomic mass is 9.95. The average molecular weight is 432 g/mol. The zero-order valence-electron chi connectivity index (χ0n) is 17.3. The van der Waals surface area contributed by atoms with Gasteiger partial charge in [-0.1, -0.05) is 12.1 Å². The molecule has 1 aliphatic heterocycles. The Morgan fingerprint density at radius 3 is 2.40 bits per heavy atom. The van der Waals surface area contributed by atoms with Crippen LogP contribution in [0.3, 0.4) is 0 Å². The highest BCUT2D eigenvalue weighted by molar-refractivity contribution is 6.20. The molecule has 2 N–H and O–H groups in total. The Morgan fingerprint density at radius 1 is 1.10 bits per heavy atom. The van der Waals surface area contributed by atoms with Gasteiger partial charge in [-0.15, -0.1) is 11.6 Å². The summed E-state index contributed by atoms with van der Waals surface area (Å²) >= 11 is 5.90. The van der Waals surface area contributed by atoms with Gasteiger partial charge in [0.2, 0.25) is 5.91 Å². The second-order valence-electron chi connectivity index (χ2n) is 8.21. The SMILES string of the molecule is CC(C)(CCl)C(=O)Nc1ccc(N2CCCC2)c(C(=O)NCc2ccc(F)cc2)c1. The van der Waals surface area contributed by atoms with Gasteiger partial charge in [-0.2, -0.15) is 0 Å². The van der Waals surface area contributed by atoms with Crippen LogP contribution in [-0.2, 0) is 11.3 Å². The van der Waals surface area contributed by atoms with Gasteiger partial charge in [0.1, 0.15) is 5.82 Å². The van der Waals surface area contributed by atoms with Crippen molar-refractivity contribution < 1.29 is 14.0 Å². The fourth-order valence-electron chi connectivity index (χ4n) is 3.27. The van der Waals surface area contributed by atoms with Gasteiger partial charge in [0.05, 0.1) is 11.0 Å². The molecule has 2 aromatic rings. The number of rotatable bonds is 7. The number of halogens is 2. The molecule has 1 heterocycles. The number of alkyl halides is 1. The summed E-state index contributed by atoms with van der Waals surface area (Å²) in [5, 5.41) is 5.76. The molecular weight excluding hydrogens is 405 g/mol. The van der Waals surface area contributed by atoms with E-state index in [0.717, 1.165) is 37.2 Å². The van der Waals surface area contributed by atoms with Crippen molar-refractivity contribution in [2.45, 2.75) is 33.2 Å². The lowest BCUT2D eigenvalue weighted by molar-refractivity contribution is -0.122. The third-order valence-electron chi connectivity index (χ3n) is 5.26. The van der Waals surface area contributed by atoms with Gasteiger partial charge in [0, 0.05) is 36.9 Å². The van der Waals surface area contributed by atoms with Crippen LogP contribution in [0.1, 0.15) is 42.6 Å². The van der Waals surface area contributed by atoms with Crippen molar-refractivity contribution in [1.82, 2.24) is 5.32 Å². The molecule has 2 amide bonds. The first kappa shape index (κ1) is 22.1. The molecule has 0 saturated carbocycles. The van der Waals surface area contributed by atoms with E-state index in [1.54, 1.807) is 32.0 Å². The van der Waals surface area contributed by atoms with Gasteiger partial charge in [-0.25, -0.2) is 4.39 Å². The van der Waals surface area contributed by atoms with Crippen LogP contribution < -0.4 is 15.5 Å². The third kappa shape index (κ3) is 5.30. The largest absolute Gasteiger partial charge is 0.371 e. The molecule has 2 aromatic carbocycles. The van der Waals surface area contributed by atoms with Crippen molar-refractivity contribution in [3.8, 4) is 0 Å². The summed E-state index contributed by atoms with van der Waals surface area (Å²) in [5.41, 5.74) is 1.98. The monoisotopic (exact) mass is 431 g/mol. The maximum atomic E-state index is 13.1. The smallest absolute Gasteiger partial charge is 0.253 e. The van der Waals surface area contributed by atoms with Crippen molar-refractivity contribution in [2.75, 3.05) is 29.2 Å². The Morgan fingerprint density at radius 2 is 1.77 bits per heavy atom. The van der Waals surface area contributed by atoms with Crippen molar-refractivity contribution in [1.29, 1.82) is 0 Å². The molecular formula is C23H27ClFN3O2. The number of benzene rings is 2. The fourth-order valence-corrected chi connectivity index (χ4v) is 3.39. The molecule has 0 unspecified atom stereocenters. The van der Waals surface area contributed by atoms with Crippen LogP contribution in [-0.4, -0.2) is 30.8 Å². The van der Waals surface area contributed by atoms with Crippen molar-refractivity contribution in [3.63, 3.8) is 0 Å². The molecule has 0 aliphatic carbocycles. The van der Waals surface area contributed by atoms with Crippen molar-refractivity contribution in [3.05, 3.63) is 59.4 Å². The molecule has 0 atom stereocenters. The topological polar surface area (TPSA) is 61.4 Å². The Bertz CT molecular complexity index is 909. The number of hydrogen-bond acceptors (Lipinski definition) is 3. The van der Waals surface area contributed by atoms with Gasteiger partial charge in [0.25, 0.3) is 5.91 Å². The molecule has 0 aromatic heterocycles. The molecule has 1 saturated heterocycles. The minimum absolute atomic E-state index is 0.190. The molecule has 1 aliphatic rings. The minimum Gasteiger partial charge on any atom is -0.371 e. The lowest BCUT2D eigenvalue weighted by Crippen LogP contribution is -2.32. The van der Waals surface area contributed by atoms with E-state index in [9.17, 15) is 14.0 Å². The fraction of sp³-hybridized carbons (Fsp3) is 0.391. The van der Waals surface area contributed by atoms with Gasteiger partial charge in [-0.3, -0.25) is 9.59 Å². The van der Waals surface area contributed by atoms with E-state index in [0.29, 0.717) is 11.3 Å². The van der Waals surface area contributed by atoms with E-state index in [1.807, 2.05) is 12.1 Å². The Kier molecular flexibility index (Phi) is 6.98. The summed E-state index contributed by atoms with van der Waals surface area (Å²) in [6, 6.07) is 11.4. The Labute approximate surface area is 181 Å². The van der Waals surface area contributed by atoms with E-state index < -0.39 is 5.41 Å². The van der Waals surface area contributed by atoms with E-state index in [4.69, 9.17) is 11.6 Å². The summed E-state index contributed by atoms with van der Waals surface area (Å²) in [4.78, 5) is 27.7.